The molecule has 7 nitrogen and oxygen atoms in total. The van der Waals surface area contributed by atoms with E-state index in [1.54, 1.807) is 31.3 Å². The molecule has 0 saturated carbocycles. The Kier molecular flexibility index (Phi) is 7.08. The number of rotatable bonds is 9. The second kappa shape index (κ2) is 9.50. The molecular weight excluding hydrogens is 338 g/mol. The molecule has 0 aliphatic rings. The van der Waals surface area contributed by atoms with Gasteiger partial charge in [-0.25, -0.2) is 0 Å². The number of esters is 1. The highest BCUT2D eigenvalue weighted by atomic mass is 16.5. The SMILES string of the molecule is COC(=O)CCN(CCc1ccc(OC)c(OC)c1)C(=O)c1ccco1. The van der Waals surface area contributed by atoms with Crippen molar-refractivity contribution in [1.29, 1.82) is 0 Å². The third-order valence-corrected chi connectivity index (χ3v) is 3.95. The van der Waals surface area contributed by atoms with E-state index >= 15 is 0 Å². The lowest BCUT2D eigenvalue weighted by atomic mass is 10.1. The molecule has 2 aromatic rings. The minimum Gasteiger partial charge on any atom is -0.493 e. The first-order valence-electron chi connectivity index (χ1n) is 8.19. The monoisotopic (exact) mass is 361 g/mol. The van der Waals surface area contributed by atoms with E-state index in [0.717, 1.165) is 5.56 Å². The number of nitrogens with zero attached hydrogens (tertiary/aromatic N) is 1. The summed E-state index contributed by atoms with van der Waals surface area (Å²) in [5.74, 6) is 0.879. The Bertz CT molecular complexity index is 726. The molecule has 0 bridgehead atoms. The average molecular weight is 361 g/mol. The summed E-state index contributed by atoms with van der Waals surface area (Å²) in [6.45, 7) is 0.672. The maximum atomic E-state index is 12.6. The van der Waals surface area contributed by atoms with Gasteiger partial charge in [-0.05, 0) is 36.2 Å². The van der Waals surface area contributed by atoms with Gasteiger partial charge in [-0.2, -0.15) is 0 Å². The van der Waals surface area contributed by atoms with E-state index in [1.165, 1.54) is 13.4 Å². The molecule has 0 aliphatic heterocycles. The van der Waals surface area contributed by atoms with Crippen LogP contribution in [0.25, 0.3) is 0 Å². The molecule has 0 saturated heterocycles. The van der Waals surface area contributed by atoms with Crippen LogP contribution in [0.2, 0.25) is 0 Å². The van der Waals surface area contributed by atoms with Crippen molar-refractivity contribution < 1.29 is 28.2 Å². The molecule has 0 spiro atoms. The highest BCUT2D eigenvalue weighted by Gasteiger charge is 2.19. The number of methoxy groups -OCH3 is 3. The fraction of sp³-hybridized carbons (Fsp3) is 0.368. The highest BCUT2D eigenvalue weighted by Crippen LogP contribution is 2.27. The number of hydrogen-bond acceptors (Lipinski definition) is 6. The van der Waals surface area contributed by atoms with Crippen LogP contribution in [-0.4, -0.2) is 51.2 Å². The Hall–Kier alpha value is -2.96. The van der Waals surface area contributed by atoms with Gasteiger partial charge in [0.25, 0.3) is 5.91 Å². The lowest BCUT2D eigenvalue weighted by Crippen LogP contribution is -2.34. The molecule has 2 rings (SSSR count). The van der Waals surface area contributed by atoms with Gasteiger partial charge in [0.1, 0.15) is 0 Å². The van der Waals surface area contributed by atoms with Gasteiger partial charge in [0.05, 0.1) is 34.0 Å². The van der Waals surface area contributed by atoms with Gasteiger partial charge in [-0.15, -0.1) is 0 Å². The lowest BCUT2D eigenvalue weighted by molar-refractivity contribution is -0.140. The van der Waals surface area contributed by atoms with Gasteiger partial charge in [0.15, 0.2) is 17.3 Å². The highest BCUT2D eigenvalue weighted by molar-refractivity contribution is 5.91. The van der Waals surface area contributed by atoms with Crippen molar-refractivity contribution in [3.05, 3.63) is 47.9 Å². The molecule has 1 aromatic heterocycles. The molecule has 1 aromatic carbocycles. The van der Waals surface area contributed by atoms with E-state index in [4.69, 9.17) is 13.9 Å². The predicted octanol–water partition coefficient (Wildman–Crippen LogP) is 2.54. The van der Waals surface area contributed by atoms with Crippen molar-refractivity contribution in [1.82, 2.24) is 4.90 Å². The van der Waals surface area contributed by atoms with Crippen LogP contribution in [0.15, 0.2) is 41.0 Å². The summed E-state index contributed by atoms with van der Waals surface area (Å²) >= 11 is 0. The van der Waals surface area contributed by atoms with E-state index in [2.05, 4.69) is 4.74 Å². The van der Waals surface area contributed by atoms with Gasteiger partial charge in [-0.1, -0.05) is 6.07 Å². The summed E-state index contributed by atoms with van der Waals surface area (Å²) in [7, 11) is 4.48. The van der Waals surface area contributed by atoms with Crippen LogP contribution in [0.1, 0.15) is 22.5 Å². The molecule has 0 unspecified atom stereocenters. The van der Waals surface area contributed by atoms with Crippen molar-refractivity contribution in [2.45, 2.75) is 12.8 Å². The minimum absolute atomic E-state index is 0.120. The molecule has 0 aliphatic carbocycles. The maximum Gasteiger partial charge on any atom is 0.307 e. The molecular formula is C19H23NO6. The number of amides is 1. The van der Waals surface area contributed by atoms with Gasteiger partial charge in [0.2, 0.25) is 0 Å². The van der Waals surface area contributed by atoms with Crippen LogP contribution in [0.5, 0.6) is 11.5 Å². The zero-order valence-electron chi connectivity index (χ0n) is 15.2. The van der Waals surface area contributed by atoms with Gasteiger partial charge < -0.3 is 23.5 Å². The number of carbonyl (C=O) groups is 2. The first kappa shape index (κ1) is 19.4. The summed E-state index contributed by atoms with van der Waals surface area (Å²) in [4.78, 5) is 25.6. The Morgan fingerprint density at radius 3 is 2.42 bits per heavy atom. The molecule has 140 valence electrons. The fourth-order valence-electron chi connectivity index (χ4n) is 2.50. The van der Waals surface area contributed by atoms with E-state index in [0.29, 0.717) is 24.5 Å². The summed E-state index contributed by atoms with van der Waals surface area (Å²) in [5.41, 5.74) is 0.984. The van der Waals surface area contributed by atoms with Crippen LogP contribution in [0.4, 0.5) is 0 Å². The topological polar surface area (TPSA) is 78.2 Å². The van der Waals surface area contributed by atoms with Crippen molar-refractivity contribution in [2.75, 3.05) is 34.4 Å². The summed E-state index contributed by atoms with van der Waals surface area (Å²) < 4.78 is 20.4. The van der Waals surface area contributed by atoms with Crippen LogP contribution in [0.3, 0.4) is 0 Å². The second-order valence-corrected chi connectivity index (χ2v) is 5.53. The molecule has 0 atom stereocenters. The van der Waals surface area contributed by atoms with E-state index in [-0.39, 0.29) is 30.6 Å². The Morgan fingerprint density at radius 2 is 1.81 bits per heavy atom. The van der Waals surface area contributed by atoms with E-state index in [1.807, 2.05) is 18.2 Å². The first-order chi connectivity index (χ1) is 12.6. The zero-order valence-corrected chi connectivity index (χ0v) is 15.2. The third-order valence-electron chi connectivity index (χ3n) is 3.95. The van der Waals surface area contributed by atoms with Gasteiger partial charge in [-0.3, -0.25) is 9.59 Å². The molecule has 0 radical (unpaired) electrons. The normalized spacial score (nSPS) is 10.3. The van der Waals surface area contributed by atoms with E-state index < -0.39 is 0 Å². The largest absolute Gasteiger partial charge is 0.493 e. The van der Waals surface area contributed by atoms with Crippen molar-refractivity contribution in [3.8, 4) is 11.5 Å². The molecule has 1 amide bonds. The van der Waals surface area contributed by atoms with E-state index in [9.17, 15) is 9.59 Å². The Labute approximate surface area is 152 Å². The molecule has 0 fully saturated rings. The summed E-state index contributed by atoms with van der Waals surface area (Å²) in [6, 6.07) is 8.86. The molecule has 7 heteroatoms. The molecule has 26 heavy (non-hydrogen) atoms. The third kappa shape index (κ3) is 5.02. The second-order valence-electron chi connectivity index (χ2n) is 5.53. The first-order valence-corrected chi connectivity index (χ1v) is 8.19. The van der Waals surface area contributed by atoms with Crippen LogP contribution in [0, 0.1) is 0 Å². The molecule has 0 N–H and O–H groups in total. The minimum atomic E-state index is -0.367. The Balaban J connectivity index is 2.08. The van der Waals surface area contributed by atoms with Crippen LogP contribution < -0.4 is 9.47 Å². The predicted molar refractivity (Wildman–Crippen MR) is 94.5 cm³/mol. The van der Waals surface area contributed by atoms with Gasteiger partial charge in [0, 0.05) is 13.1 Å². The maximum absolute atomic E-state index is 12.6. The fourth-order valence-corrected chi connectivity index (χ4v) is 2.50. The zero-order chi connectivity index (χ0) is 18.9. The van der Waals surface area contributed by atoms with Gasteiger partial charge >= 0.3 is 5.97 Å². The number of benzene rings is 1. The summed E-state index contributed by atoms with van der Waals surface area (Å²) in [5, 5.41) is 0. The quantitative estimate of drug-likeness (QED) is 0.639. The number of furan rings is 1. The standard InChI is InChI=1S/C19H23NO6/c1-23-15-7-6-14(13-17(15)24-2)8-10-20(11-9-18(21)25-3)19(22)16-5-4-12-26-16/h4-7,12-13H,8-11H2,1-3H3. The lowest BCUT2D eigenvalue weighted by Gasteiger charge is -2.21. The number of ether oxygens (including phenoxy) is 3. The number of carbonyl (C=O) groups excluding carboxylic acids is 2. The van der Waals surface area contributed by atoms with Crippen molar-refractivity contribution in [3.63, 3.8) is 0 Å². The van der Waals surface area contributed by atoms with Crippen LogP contribution >= 0.6 is 0 Å². The molecule has 1 heterocycles. The summed E-state index contributed by atoms with van der Waals surface area (Å²) in [6.07, 6.45) is 2.16. The smallest absolute Gasteiger partial charge is 0.307 e. The van der Waals surface area contributed by atoms with Crippen molar-refractivity contribution in [2.24, 2.45) is 0 Å². The average Bonchev–Trinajstić information content (AvgIpc) is 3.21. The van der Waals surface area contributed by atoms with Crippen LogP contribution in [-0.2, 0) is 16.0 Å². The number of hydrogen-bond donors (Lipinski definition) is 0. The Morgan fingerprint density at radius 1 is 1.04 bits per heavy atom. The van der Waals surface area contributed by atoms with Crippen molar-refractivity contribution >= 4 is 11.9 Å².